The van der Waals surface area contributed by atoms with E-state index in [0.717, 1.165) is 17.8 Å². The summed E-state index contributed by atoms with van der Waals surface area (Å²) in [5, 5.41) is -0.362. The number of methoxy groups -OCH3 is 1. The van der Waals surface area contributed by atoms with Gasteiger partial charge < -0.3 is 14.4 Å². The van der Waals surface area contributed by atoms with E-state index >= 15 is 0 Å². The van der Waals surface area contributed by atoms with Gasteiger partial charge in [-0.3, -0.25) is 4.79 Å². The molecule has 3 rings (SSSR count). The predicted molar refractivity (Wildman–Crippen MR) is 116 cm³/mol. The molecule has 0 saturated carbocycles. The number of ether oxygens (including phenoxy) is 2. The maximum Gasteiger partial charge on any atom is 0.416 e. The van der Waals surface area contributed by atoms with Gasteiger partial charge in [-0.25, -0.2) is 0 Å². The van der Waals surface area contributed by atoms with E-state index in [9.17, 15) is 31.1 Å². The van der Waals surface area contributed by atoms with Crippen molar-refractivity contribution in [2.24, 2.45) is 4.99 Å². The van der Waals surface area contributed by atoms with E-state index in [1.807, 2.05) is 0 Å². The lowest BCUT2D eigenvalue weighted by Crippen LogP contribution is -2.20. The normalized spacial score (nSPS) is 15.5. The molecule has 0 unspecified atom stereocenters. The monoisotopic (exact) mass is 504 g/mol. The average Bonchev–Trinajstić information content (AvgIpc) is 3.11. The van der Waals surface area contributed by atoms with Crippen LogP contribution in [0.1, 0.15) is 22.3 Å². The van der Waals surface area contributed by atoms with Gasteiger partial charge in [-0.05, 0) is 47.7 Å². The predicted octanol–water partition coefficient (Wildman–Crippen LogP) is 6.48. The molecule has 0 spiro atoms. The Morgan fingerprint density at radius 2 is 1.71 bits per heavy atom. The number of amidine groups is 1. The highest BCUT2D eigenvalue weighted by Crippen LogP contribution is 2.38. The Morgan fingerprint density at radius 1 is 1.00 bits per heavy atom. The summed E-state index contributed by atoms with van der Waals surface area (Å²) in [6, 6.07) is 5.99. The number of thioether (sulfide) groups is 1. The van der Waals surface area contributed by atoms with Gasteiger partial charge in [0.25, 0.3) is 0 Å². The Kier molecular flexibility index (Phi) is 7.20. The number of aliphatic imine (C=N–C) groups is 1. The van der Waals surface area contributed by atoms with Gasteiger partial charge in [0.2, 0.25) is 0 Å². The molecule has 1 heterocycles. The number of carbonyl (C=O) groups excluding carboxylic acids is 1. The van der Waals surface area contributed by atoms with Crippen LogP contribution in [-0.2, 0) is 19.0 Å². The molecule has 1 aliphatic heterocycles. The van der Waals surface area contributed by atoms with Crippen LogP contribution in [0.2, 0.25) is 0 Å². The summed E-state index contributed by atoms with van der Waals surface area (Å²) in [5.74, 6) is 0.762. The fourth-order valence-corrected chi connectivity index (χ4v) is 3.90. The Balaban J connectivity index is 1.86. The molecule has 1 amide bonds. The van der Waals surface area contributed by atoms with Gasteiger partial charge in [0.15, 0.2) is 11.5 Å². The van der Waals surface area contributed by atoms with Gasteiger partial charge in [0.05, 0.1) is 23.1 Å². The van der Waals surface area contributed by atoms with E-state index < -0.39 is 35.6 Å². The van der Waals surface area contributed by atoms with Crippen LogP contribution in [0.25, 0.3) is 6.08 Å². The molecular formula is C22H18F6N2O3S. The van der Waals surface area contributed by atoms with Crippen LogP contribution < -0.4 is 9.47 Å². The first kappa shape index (κ1) is 25.5. The second kappa shape index (κ2) is 9.61. The first-order valence-electron chi connectivity index (χ1n) is 9.57. The Morgan fingerprint density at radius 3 is 2.29 bits per heavy atom. The number of alkyl halides is 6. The Bertz CT molecular complexity index is 1160. The first-order valence-corrected chi connectivity index (χ1v) is 10.4. The minimum absolute atomic E-state index is 0.0651. The van der Waals surface area contributed by atoms with E-state index in [0.29, 0.717) is 22.4 Å². The first-order chi connectivity index (χ1) is 15.8. The van der Waals surface area contributed by atoms with Gasteiger partial charge in [0, 0.05) is 19.7 Å². The maximum atomic E-state index is 13.4. The Labute approximate surface area is 195 Å². The number of halogens is 6. The molecule has 182 valence electrons. The van der Waals surface area contributed by atoms with Crippen LogP contribution >= 0.6 is 11.8 Å². The maximum absolute atomic E-state index is 13.4. The van der Waals surface area contributed by atoms with Gasteiger partial charge in [-0.15, -0.1) is 0 Å². The van der Waals surface area contributed by atoms with Crippen LogP contribution in [-0.4, -0.2) is 37.2 Å². The van der Waals surface area contributed by atoms with Gasteiger partial charge >= 0.3 is 17.6 Å². The van der Waals surface area contributed by atoms with E-state index in [4.69, 9.17) is 9.47 Å². The molecule has 0 aliphatic carbocycles. The zero-order valence-electron chi connectivity index (χ0n) is 18.0. The van der Waals surface area contributed by atoms with E-state index in [2.05, 4.69) is 4.99 Å². The zero-order valence-corrected chi connectivity index (χ0v) is 18.9. The molecular weight excluding hydrogens is 486 g/mol. The van der Waals surface area contributed by atoms with Crippen molar-refractivity contribution in [1.82, 2.24) is 4.90 Å². The molecule has 5 nitrogen and oxygen atoms in total. The number of amides is 1. The van der Waals surface area contributed by atoms with Crippen LogP contribution in [0.4, 0.5) is 31.1 Å². The topological polar surface area (TPSA) is 51.1 Å². The lowest BCUT2D eigenvalue weighted by atomic mass is 10.0. The SMILES string of the molecule is COc1cc(C=C2SC(=O)N=C2N(C)C)ccc1OCc1ccc(C(F)(F)F)cc1C(F)(F)F. The minimum Gasteiger partial charge on any atom is -0.493 e. The lowest BCUT2D eigenvalue weighted by Gasteiger charge is -2.17. The molecule has 12 heteroatoms. The second-order valence-corrected chi connectivity index (χ2v) is 8.27. The molecule has 34 heavy (non-hydrogen) atoms. The minimum atomic E-state index is -5.00. The molecule has 0 atom stereocenters. The highest BCUT2D eigenvalue weighted by atomic mass is 32.2. The molecule has 0 aromatic heterocycles. The van der Waals surface area contributed by atoms with Crippen LogP contribution in [0.5, 0.6) is 11.5 Å². The van der Waals surface area contributed by atoms with Crippen molar-refractivity contribution >= 4 is 28.9 Å². The van der Waals surface area contributed by atoms with Crippen molar-refractivity contribution in [1.29, 1.82) is 0 Å². The fourth-order valence-electron chi connectivity index (χ4n) is 3.06. The van der Waals surface area contributed by atoms with Crippen molar-refractivity contribution in [2.45, 2.75) is 19.0 Å². The number of hydrogen-bond donors (Lipinski definition) is 0. The number of nitrogens with zero attached hydrogens (tertiary/aromatic N) is 2. The summed E-state index contributed by atoms with van der Waals surface area (Å²) < 4.78 is 89.4. The summed E-state index contributed by atoms with van der Waals surface area (Å²) >= 11 is 0.947. The molecule has 0 N–H and O–H groups in total. The summed E-state index contributed by atoms with van der Waals surface area (Å²) in [5.41, 5.74) is -2.67. The second-order valence-electron chi connectivity index (χ2n) is 7.27. The van der Waals surface area contributed by atoms with Crippen molar-refractivity contribution in [3.8, 4) is 11.5 Å². The standard InChI is InChI=1S/C22H18F6N2O3S/c1-30(2)19-18(34-20(31)29-19)9-12-4-7-16(17(8-12)32-3)33-11-13-5-6-14(21(23,24)25)10-15(13)22(26,27)28/h4-10H,11H2,1-3H3. The molecule has 2 aromatic carbocycles. The van der Waals surface area contributed by atoms with Gasteiger partial charge in [-0.1, -0.05) is 12.1 Å². The number of hydrogen-bond acceptors (Lipinski definition) is 5. The van der Waals surface area contributed by atoms with Crippen molar-refractivity contribution in [3.63, 3.8) is 0 Å². The molecule has 2 aromatic rings. The third-order valence-corrected chi connectivity index (χ3v) is 5.44. The zero-order chi connectivity index (χ0) is 25.3. The molecule has 0 fully saturated rings. The Hall–Kier alpha value is -3.15. The summed E-state index contributed by atoms with van der Waals surface area (Å²) in [4.78, 5) is 17.9. The fraction of sp³-hybridized carbons (Fsp3) is 0.273. The molecule has 0 radical (unpaired) electrons. The van der Waals surface area contributed by atoms with Crippen LogP contribution in [0, 0.1) is 0 Å². The van der Waals surface area contributed by atoms with Crippen molar-refractivity contribution < 1.29 is 40.6 Å². The third kappa shape index (κ3) is 5.85. The number of likely N-dealkylation sites (N-methyl/N-ethyl adjacent to an activating group) is 1. The molecule has 0 bridgehead atoms. The molecule has 0 saturated heterocycles. The summed E-state index contributed by atoms with van der Waals surface area (Å²) in [6.07, 6.45) is -8.22. The van der Waals surface area contributed by atoms with E-state index in [-0.39, 0.29) is 22.8 Å². The number of carbonyl (C=O) groups is 1. The smallest absolute Gasteiger partial charge is 0.416 e. The highest BCUT2D eigenvalue weighted by Gasteiger charge is 2.38. The van der Waals surface area contributed by atoms with Gasteiger partial charge in [0.1, 0.15) is 12.4 Å². The van der Waals surface area contributed by atoms with Crippen LogP contribution in [0.15, 0.2) is 46.3 Å². The van der Waals surface area contributed by atoms with Crippen LogP contribution in [0.3, 0.4) is 0 Å². The number of rotatable bonds is 5. The quantitative estimate of drug-likeness (QED) is 0.437. The summed E-state index contributed by atoms with van der Waals surface area (Å²) in [7, 11) is 4.80. The number of benzene rings is 2. The van der Waals surface area contributed by atoms with Gasteiger partial charge in [-0.2, -0.15) is 31.3 Å². The van der Waals surface area contributed by atoms with Crippen molar-refractivity contribution in [2.75, 3.05) is 21.2 Å². The van der Waals surface area contributed by atoms with E-state index in [1.54, 1.807) is 37.2 Å². The molecule has 1 aliphatic rings. The highest BCUT2D eigenvalue weighted by molar-refractivity contribution is 8.18. The van der Waals surface area contributed by atoms with Crippen molar-refractivity contribution in [3.05, 3.63) is 63.6 Å². The summed E-state index contributed by atoms with van der Waals surface area (Å²) in [6.45, 7) is -0.633. The van der Waals surface area contributed by atoms with E-state index in [1.165, 1.54) is 13.2 Å². The average molecular weight is 504 g/mol. The lowest BCUT2D eigenvalue weighted by molar-refractivity contribution is -0.143. The third-order valence-electron chi connectivity index (χ3n) is 4.65. The largest absolute Gasteiger partial charge is 0.493 e.